The van der Waals surface area contributed by atoms with Gasteiger partial charge in [-0.2, -0.15) is 0 Å². The number of aryl methyl sites for hydroxylation is 2. The largest absolute Gasteiger partial charge is 0.354 e. The molecule has 2 aliphatic carbocycles. The maximum absolute atomic E-state index is 14.1. The van der Waals surface area contributed by atoms with Gasteiger partial charge in [-0.1, -0.05) is 48.5 Å². The lowest BCUT2D eigenvalue weighted by molar-refractivity contribution is -0.143. The van der Waals surface area contributed by atoms with E-state index in [-0.39, 0.29) is 37.0 Å². The quantitative estimate of drug-likeness (QED) is 0.0912. The summed E-state index contributed by atoms with van der Waals surface area (Å²) in [4.78, 5) is 111. The monoisotopic (exact) mass is 913 g/mol. The molecule has 18 nitrogen and oxygen atoms in total. The van der Waals surface area contributed by atoms with Crippen LogP contribution >= 0.6 is 0 Å². The van der Waals surface area contributed by atoms with E-state index in [2.05, 4.69) is 54.7 Å². The zero-order chi connectivity index (χ0) is 47.3. The van der Waals surface area contributed by atoms with Gasteiger partial charge in [0.25, 0.3) is 0 Å². The fourth-order valence-corrected chi connectivity index (χ4v) is 9.52. The van der Waals surface area contributed by atoms with E-state index in [1.807, 2.05) is 36.4 Å². The first kappa shape index (κ1) is 49.6. The van der Waals surface area contributed by atoms with Gasteiger partial charge in [0.2, 0.25) is 47.3 Å². The molecule has 0 saturated carbocycles. The predicted octanol–water partition coefficient (Wildman–Crippen LogP) is 0.554. The fraction of sp³-hybridized carbons (Fsp3) is 0.583. The van der Waals surface area contributed by atoms with Crippen molar-refractivity contribution >= 4 is 47.3 Å². The van der Waals surface area contributed by atoms with Gasteiger partial charge in [0.15, 0.2) is 0 Å². The van der Waals surface area contributed by atoms with Crippen molar-refractivity contribution in [2.45, 2.75) is 139 Å². The molecule has 2 aliphatic heterocycles. The SMILES string of the molecule is CN[C@@H](C)C(=O)N[C@@H](CC(=O)NCCNC(=O)C[C@H](NC(=O)[C@H](C)NC)C(=O)N1CCC[C@H]1C(=O)N[C@H]1CCCc2ccccc21)C(=O)N1CCC[C@H]1C(=O)N[C@H]1CCCc2ccccc21. The molecule has 18 heteroatoms. The summed E-state index contributed by atoms with van der Waals surface area (Å²) >= 11 is 0. The Bertz CT molecular complexity index is 1950. The summed E-state index contributed by atoms with van der Waals surface area (Å²) in [5.74, 6) is -3.77. The molecular weight excluding hydrogens is 845 g/mol. The predicted molar refractivity (Wildman–Crippen MR) is 246 cm³/mol. The summed E-state index contributed by atoms with van der Waals surface area (Å²) in [6, 6.07) is 10.3. The minimum Gasteiger partial charge on any atom is -0.354 e. The number of amides is 8. The van der Waals surface area contributed by atoms with Crippen LogP contribution in [-0.2, 0) is 51.2 Å². The summed E-state index contributed by atoms with van der Waals surface area (Å²) in [7, 11) is 3.20. The molecule has 0 unspecified atom stereocenters. The highest BCUT2D eigenvalue weighted by molar-refractivity contribution is 5.97. The van der Waals surface area contributed by atoms with E-state index in [0.717, 1.165) is 49.7 Å². The van der Waals surface area contributed by atoms with E-state index >= 15 is 0 Å². The van der Waals surface area contributed by atoms with Crippen molar-refractivity contribution in [2.24, 2.45) is 0 Å². The van der Waals surface area contributed by atoms with Crippen LogP contribution in [0.5, 0.6) is 0 Å². The Morgan fingerprint density at radius 2 is 0.955 bits per heavy atom. The standard InChI is InChI=1S/C48H68N10O8/c1-29(49-3)43(61)55-37(47(65)57-25-11-21-39(57)45(63)53-35-19-9-15-31-13-5-7-17-33(31)35)27-41(59)51-23-24-52-42(60)28-38(56-44(62)30(2)50-4)48(66)58-26-12-22-40(58)46(64)54-36-20-10-16-32-14-6-8-18-34(32)36/h5-8,13-14,17-18,29-30,35-40,49-50H,9-12,15-16,19-28H2,1-4H3,(H,51,59)(H,52,60)(H,53,63)(H,54,64)(H,55,61)(H,56,62)/t29-,30-,35-,36-,37-,38-,39-,40-/m0/s1. The third-order valence-corrected chi connectivity index (χ3v) is 13.5. The topological polar surface area (TPSA) is 239 Å². The summed E-state index contributed by atoms with van der Waals surface area (Å²) < 4.78 is 0. The average molecular weight is 913 g/mol. The molecule has 4 aliphatic rings. The lowest BCUT2D eigenvalue weighted by atomic mass is 9.87. The van der Waals surface area contributed by atoms with Gasteiger partial charge in [0, 0.05) is 26.2 Å². The van der Waals surface area contributed by atoms with Crippen molar-refractivity contribution in [2.75, 3.05) is 40.3 Å². The molecule has 8 amide bonds. The van der Waals surface area contributed by atoms with Crippen LogP contribution in [0.1, 0.15) is 112 Å². The molecule has 8 atom stereocenters. The van der Waals surface area contributed by atoms with Gasteiger partial charge < -0.3 is 52.3 Å². The van der Waals surface area contributed by atoms with Crippen LogP contribution in [0.15, 0.2) is 48.5 Å². The highest BCUT2D eigenvalue weighted by Gasteiger charge is 2.41. The molecule has 8 N–H and O–H groups in total. The van der Waals surface area contributed by atoms with E-state index in [4.69, 9.17) is 0 Å². The number of hydrogen-bond donors (Lipinski definition) is 8. The Kier molecular flexibility index (Phi) is 17.7. The van der Waals surface area contributed by atoms with Crippen LogP contribution in [-0.4, -0.2) is 134 Å². The highest BCUT2D eigenvalue weighted by Crippen LogP contribution is 2.32. The zero-order valence-corrected chi connectivity index (χ0v) is 38.7. The second kappa shape index (κ2) is 23.5. The Hall–Kier alpha value is -5.88. The molecule has 2 fully saturated rings. The Morgan fingerprint density at radius 3 is 1.35 bits per heavy atom. The van der Waals surface area contributed by atoms with Crippen LogP contribution in [0.4, 0.5) is 0 Å². The first-order chi connectivity index (χ1) is 31.8. The lowest BCUT2D eigenvalue weighted by Crippen LogP contribution is -2.57. The number of carbonyl (C=O) groups excluding carboxylic acids is 8. The molecule has 6 rings (SSSR count). The van der Waals surface area contributed by atoms with Crippen molar-refractivity contribution < 1.29 is 38.4 Å². The second-order valence-electron chi connectivity index (χ2n) is 17.9. The van der Waals surface area contributed by atoms with Crippen LogP contribution in [0.3, 0.4) is 0 Å². The van der Waals surface area contributed by atoms with Gasteiger partial charge in [-0.25, -0.2) is 0 Å². The molecule has 0 spiro atoms. The Labute approximate surface area is 387 Å². The van der Waals surface area contributed by atoms with Gasteiger partial charge >= 0.3 is 0 Å². The minimum absolute atomic E-state index is 0.0512. The first-order valence-corrected chi connectivity index (χ1v) is 23.7. The smallest absolute Gasteiger partial charge is 0.246 e. The van der Waals surface area contributed by atoms with Crippen molar-refractivity contribution in [1.82, 2.24) is 52.3 Å². The van der Waals surface area contributed by atoms with Gasteiger partial charge in [0.05, 0.1) is 37.0 Å². The number of hydrogen-bond acceptors (Lipinski definition) is 10. The maximum Gasteiger partial charge on any atom is 0.246 e. The summed E-state index contributed by atoms with van der Waals surface area (Å²) in [5, 5.41) is 22.8. The van der Waals surface area contributed by atoms with Gasteiger partial charge in [-0.3, -0.25) is 38.4 Å². The van der Waals surface area contributed by atoms with Crippen molar-refractivity contribution in [1.29, 1.82) is 0 Å². The van der Waals surface area contributed by atoms with E-state index < -0.39 is 84.5 Å². The van der Waals surface area contributed by atoms with Crippen molar-refractivity contribution in [3.8, 4) is 0 Å². The van der Waals surface area contributed by atoms with Crippen LogP contribution in [0, 0.1) is 0 Å². The number of likely N-dealkylation sites (N-methyl/N-ethyl adjacent to an activating group) is 2. The third kappa shape index (κ3) is 12.5. The van der Waals surface area contributed by atoms with Crippen LogP contribution < -0.4 is 42.5 Å². The van der Waals surface area contributed by atoms with E-state index in [0.29, 0.717) is 38.8 Å². The van der Waals surface area contributed by atoms with E-state index in [1.165, 1.54) is 20.9 Å². The molecule has 0 radical (unpaired) electrons. The van der Waals surface area contributed by atoms with E-state index in [9.17, 15) is 38.4 Å². The number of rotatable bonds is 19. The van der Waals surface area contributed by atoms with Gasteiger partial charge in [-0.05, 0) is 114 Å². The summed E-state index contributed by atoms with van der Waals surface area (Å²) in [6.07, 6.45) is 6.52. The fourth-order valence-electron chi connectivity index (χ4n) is 9.52. The number of fused-ring (bicyclic) bond motifs is 2. The zero-order valence-electron chi connectivity index (χ0n) is 38.7. The Morgan fingerprint density at radius 1 is 0.561 bits per heavy atom. The molecule has 2 saturated heterocycles. The average Bonchev–Trinajstić information content (AvgIpc) is 4.03. The lowest BCUT2D eigenvalue weighted by Gasteiger charge is -2.32. The molecule has 0 bridgehead atoms. The third-order valence-electron chi connectivity index (χ3n) is 13.5. The molecule has 2 aromatic rings. The van der Waals surface area contributed by atoms with Crippen LogP contribution in [0.2, 0.25) is 0 Å². The summed E-state index contributed by atoms with van der Waals surface area (Å²) in [6.45, 7) is 3.72. The first-order valence-electron chi connectivity index (χ1n) is 23.7. The minimum atomic E-state index is -1.27. The number of likely N-dealkylation sites (tertiary alicyclic amines) is 2. The van der Waals surface area contributed by atoms with E-state index in [1.54, 1.807) is 27.9 Å². The van der Waals surface area contributed by atoms with Gasteiger partial charge in [-0.15, -0.1) is 0 Å². The number of nitrogens with one attached hydrogen (secondary N) is 8. The molecule has 2 aromatic carbocycles. The summed E-state index contributed by atoms with van der Waals surface area (Å²) in [5.41, 5.74) is 4.53. The highest BCUT2D eigenvalue weighted by atomic mass is 16.2. The molecule has 0 aromatic heterocycles. The Balaban J connectivity index is 1.03. The second-order valence-corrected chi connectivity index (χ2v) is 17.9. The molecule has 2 heterocycles. The van der Waals surface area contributed by atoms with Crippen molar-refractivity contribution in [3.63, 3.8) is 0 Å². The normalized spacial score (nSPS) is 21.8. The number of nitrogens with zero attached hydrogens (tertiary/aromatic N) is 2. The molecule has 66 heavy (non-hydrogen) atoms. The van der Waals surface area contributed by atoms with Crippen molar-refractivity contribution in [3.05, 3.63) is 70.8 Å². The number of carbonyl (C=O) groups is 8. The number of benzene rings is 2. The molecule has 358 valence electrons. The molecular formula is C48H68N10O8. The van der Waals surface area contributed by atoms with Gasteiger partial charge in [0.1, 0.15) is 24.2 Å². The van der Waals surface area contributed by atoms with Crippen LogP contribution in [0.25, 0.3) is 0 Å². The maximum atomic E-state index is 14.1.